The fraction of sp³-hybridized carbons (Fsp3) is 0.174. The quantitative estimate of drug-likeness (QED) is 0.646. The lowest BCUT2D eigenvalue weighted by atomic mass is 9.93. The highest BCUT2D eigenvalue weighted by molar-refractivity contribution is 6.10. The third kappa shape index (κ3) is 2.86. The van der Waals surface area contributed by atoms with Gasteiger partial charge < -0.3 is 4.74 Å². The summed E-state index contributed by atoms with van der Waals surface area (Å²) in [5.41, 5.74) is 4.03. The van der Waals surface area contributed by atoms with Crippen molar-refractivity contribution in [2.75, 3.05) is 11.5 Å². The van der Waals surface area contributed by atoms with Crippen LogP contribution in [0.3, 0.4) is 0 Å². The van der Waals surface area contributed by atoms with Gasteiger partial charge in [0.1, 0.15) is 5.75 Å². The van der Waals surface area contributed by atoms with Crippen LogP contribution < -0.4 is 9.64 Å². The van der Waals surface area contributed by atoms with E-state index < -0.39 is 0 Å². The van der Waals surface area contributed by atoms with Gasteiger partial charge in [0.15, 0.2) is 0 Å². The number of para-hydroxylation sites is 3. The van der Waals surface area contributed by atoms with E-state index in [4.69, 9.17) is 4.74 Å². The number of carbonyl (C=O) groups excluding carboxylic acids is 1. The third-order valence-electron chi connectivity index (χ3n) is 4.78. The number of hydrogen-bond acceptors (Lipinski definition) is 2. The van der Waals surface area contributed by atoms with Crippen molar-refractivity contribution in [3.05, 3.63) is 90.0 Å². The van der Waals surface area contributed by atoms with E-state index in [1.165, 1.54) is 0 Å². The second-order valence-corrected chi connectivity index (χ2v) is 6.37. The molecule has 1 aliphatic heterocycles. The smallest absolute Gasteiger partial charge is 0.239 e. The highest BCUT2D eigenvalue weighted by Crippen LogP contribution is 2.43. The molecule has 3 aromatic rings. The molecule has 1 aliphatic rings. The minimum absolute atomic E-state index is 0.115. The maximum Gasteiger partial charge on any atom is 0.239 e. The van der Waals surface area contributed by atoms with Gasteiger partial charge >= 0.3 is 0 Å². The molecule has 26 heavy (non-hydrogen) atoms. The number of carbonyl (C=O) groups is 1. The molecular weight excluding hydrogens is 322 g/mol. The lowest BCUT2D eigenvalue weighted by Gasteiger charge is -2.18. The average molecular weight is 343 g/mol. The fourth-order valence-electron chi connectivity index (χ4n) is 3.62. The van der Waals surface area contributed by atoms with Gasteiger partial charge in [-0.2, -0.15) is 0 Å². The zero-order valence-electron chi connectivity index (χ0n) is 14.8. The first kappa shape index (κ1) is 16.4. The summed E-state index contributed by atoms with van der Waals surface area (Å²) in [4.78, 5) is 15.2. The van der Waals surface area contributed by atoms with Crippen molar-refractivity contribution >= 4 is 17.3 Å². The molecule has 0 radical (unpaired) electrons. The maximum absolute atomic E-state index is 13.3. The monoisotopic (exact) mass is 343 g/mol. The molecule has 3 heteroatoms. The van der Waals surface area contributed by atoms with E-state index in [1.807, 2.05) is 84.6 Å². The number of nitrogens with zero attached hydrogens (tertiary/aromatic N) is 1. The van der Waals surface area contributed by atoms with E-state index in [2.05, 4.69) is 6.07 Å². The van der Waals surface area contributed by atoms with E-state index in [0.717, 1.165) is 28.3 Å². The summed E-state index contributed by atoms with van der Waals surface area (Å²) in [6.45, 7) is 2.59. The van der Waals surface area contributed by atoms with E-state index in [-0.39, 0.29) is 11.8 Å². The lowest BCUT2D eigenvalue weighted by molar-refractivity contribution is -0.118. The SMILES string of the molecule is CCOc1ccccc1CC1C(=O)N(c2ccccc2)c2ccccc21. The Kier molecular flexibility index (Phi) is 4.44. The van der Waals surface area contributed by atoms with Crippen LogP contribution in [0.5, 0.6) is 5.75 Å². The number of amides is 1. The molecule has 0 spiro atoms. The van der Waals surface area contributed by atoms with Crippen LogP contribution in [-0.2, 0) is 11.2 Å². The van der Waals surface area contributed by atoms with E-state index in [9.17, 15) is 4.79 Å². The van der Waals surface area contributed by atoms with Crippen molar-refractivity contribution in [2.24, 2.45) is 0 Å². The molecule has 0 saturated heterocycles. The van der Waals surface area contributed by atoms with Crippen molar-refractivity contribution in [3.63, 3.8) is 0 Å². The zero-order valence-corrected chi connectivity index (χ0v) is 14.8. The molecule has 3 nitrogen and oxygen atoms in total. The second kappa shape index (κ2) is 7.04. The fourth-order valence-corrected chi connectivity index (χ4v) is 3.62. The molecule has 1 amide bonds. The van der Waals surface area contributed by atoms with Crippen molar-refractivity contribution in [1.29, 1.82) is 0 Å². The van der Waals surface area contributed by atoms with Gasteiger partial charge in [-0.3, -0.25) is 9.69 Å². The minimum atomic E-state index is -0.201. The first-order chi connectivity index (χ1) is 12.8. The predicted octanol–water partition coefficient (Wildman–Crippen LogP) is 5.09. The molecule has 1 heterocycles. The summed E-state index contributed by atoms with van der Waals surface area (Å²) < 4.78 is 5.76. The van der Waals surface area contributed by atoms with Crippen LogP contribution in [-0.4, -0.2) is 12.5 Å². The van der Waals surface area contributed by atoms with Crippen LogP contribution in [0.25, 0.3) is 0 Å². The molecule has 0 fully saturated rings. The van der Waals surface area contributed by atoms with Gasteiger partial charge in [0.2, 0.25) is 5.91 Å². The number of hydrogen-bond donors (Lipinski definition) is 0. The van der Waals surface area contributed by atoms with Crippen molar-refractivity contribution in [1.82, 2.24) is 0 Å². The largest absolute Gasteiger partial charge is 0.494 e. The van der Waals surface area contributed by atoms with Crippen LogP contribution in [0.15, 0.2) is 78.9 Å². The third-order valence-corrected chi connectivity index (χ3v) is 4.78. The molecule has 1 unspecified atom stereocenters. The summed E-state index contributed by atoms with van der Waals surface area (Å²) in [6.07, 6.45) is 0.634. The molecule has 130 valence electrons. The molecule has 3 aromatic carbocycles. The number of ether oxygens (including phenoxy) is 1. The van der Waals surface area contributed by atoms with Crippen LogP contribution in [0.1, 0.15) is 24.0 Å². The van der Waals surface area contributed by atoms with Crippen molar-refractivity contribution in [3.8, 4) is 5.75 Å². The second-order valence-electron chi connectivity index (χ2n) is 6.37. The zero-order chi connectivity index (χ0) is 17.9. The lowest BCUT2D eigenvalue weighted by Crippen LogP contribution is -2.24. The average Bonchev–Trinajstić information content (AvgIpc) is 2.96. The summed E-state index contributed by atoms with van der Waals surface area (Å²) in [6, 6.07) is 25.9. The normalized spacial score (nSPS) is 15.8. The summed E-state index contributed by atoms with van der Waals surface area (Å²) >= 11 is 0. The Balaban J connectivity index is 1.73. The van der Waals surface area contributed by atoms with Crippen molar-refractivity contribution in [2.45, 2.75) is 19.3 Å². The van der Waals surface area contributed by atoms with Crippen LogP contribution in [0, 0.1) is 0 Å². The van der Waals surface area contributed by atoms with Gasteiger partial charge in [-0.05, 0) is 48.7 Å². The molecule has 0 aromatic heterocycles. The summed E-state index contributed by atoms with van der Waals surface area (Å²) in [5.74, 6) is 0.773. The number of benzene rings is 3. The van der Waals surface area contributed by atoms with Crippen LogP contribution in [0.2, 0.25) is 0 Å². The highest BCUT2D eigenvalue weighted by Gasteiger charge is 2.38. The molecule has 0 aliphatic carbocycles. The summed E-state index contributed by atoms with van der Waals surface area (Å²) in [5, 5.41) is 0. The molecule has 0 bridgehead atoms. The molecule has 4 rings (SSSR count). The Bertz CT molecular complexity index is 920. The minimum Gasteiger partial charge on any atom is -0.494 e. The van der Waals surface area contributed by atoms with E-state index in [0.29, 0.717) is 13.0 Å². The molecular formula is C23H21NO2. The Labute approximate surface area is 153 Å². The maximum atomic E-state index is 13.3. The number of fused-ring (bicyclic) bond motifs is 1. The first-order valence-electron chi connectivity index (χ1n) is 8.98. The van der Waals surface area contributed by atoms with E-state index in [1.54, 1.807) is 0 Å². The van der Waals surface area contributed by atoms with Crippen LogP contribution >= 0.6 is 0 Å². The van der Waals surface area contributed by atoms with Gasteiger partial charge in [-0.15, -0.1) is 0 Å². The van der Waals surface area contributed by atoms with E-state index >= 15 is 0 Å². The highest BCUT2D eigenvalue weighted by atomic mass is 16.5. The van der Waals surface area contributed by atoms with Gasteiger partial charge in [-0.25, -0.2) is 0 Å². The molecule has 0 N–H and O–H groups in total. The molecule has 0 saturated carbocycles. The summed E-state index contributed by atoms with van der Waals surface area (Å²) in [7, 11) is 0. The number of anilines is 2. The van der Waals surface area contributed by atoms with Gasteiger partial charge in [0.05, 0.1) is 18.2 Å². The predicted molar refractivity (Wildman–Crippen MR) is 104 cm³/mol. The topological polar surface area (TPSA) is 29.5 Å². The Morgan fingerprint density at radius 1 is 0.885 bits per heavy atom. The Morgan fingerprint density at radius 2 is 1.58 bits per heavy atom. The Morgan fingerprint density at radius 3 is 2.38 bits per heavy atom. The van der Waals surface area contributed by atoms with Gasteiger partial charge in [0.25, 0.3) is 0 Å². The first-order valence-corrected chi connectivity index (χ1v) is 8.98. The van der Waals surface area contributed by atoms with Crippen LogP contribution in [0.4, 0.5) is 11.4 Å². The number of rotatable bonds is 5. The van der Waals surface area contributed by atoms with Gasteiger partial charge in [0, 0.05) is 5.69 Å². The Hall–Kier alpha value is -3.07. The van der Waals surface area contributed by atoms with Crippen molar-refractivity contribution < 1.29 is 9.53 Å². The standard InChI is InChI=1S/C23H21NO2/c1-2-26-22-15-9-6-10-17(22)16-20-19-13-7-8-14-21(19)24(23(20)25)18-11-4-3-5-12-18/h3-15,20H,2,16H2,1H3. The molecule has 1 atom stereocenters. The van der Waals surface area contributed by atoms with Gasteiger partial charge in [-0.1, -0.05) is 54.6 Å².